The molecule has 1 spiro atoms. The van der Waals surface area contributed by atoms with Crippen LogP contribution >= 0.6 is 0 Å². The molecule has 6 fully saturated rings. The molecule has 5 aromatic rings. The topological polar surface area (TPSA) is 166 Å². The monoisotopic (exact) mass is 1060 g/mol. The molecule has 16 nitrogen and oxygen atoms in total. The van der Waals surface area contributed by atoms with Gasteiger partial charge in [-0.2, -0.15) is 9.97 Å². The van der Waals surface area contributed by atoms with E-state index in [0.717, 1.165) is 82.9 Å². The second-order valence-corrected chi connectivity index (χ2v) is 24.3. The van der Waals surface area contributed by atoms with Crippen molar-refractivity contribution < 1.29 is 42.5 Å². The largest absolute Gasteiger partial charge is 0.468 e. The number of halogens is 2. The van der Waals surface area contributed by atoms with Gasteiger partial charge < -0.3 is 38.9 Å². The van der Waals surface area contributed by atoms with E-state index in [-0.39, 0.29) is 64.8 Å². The van der Waals surface area contributed by atoms with Gasteiger partial charge in [0, 0.05) is 101 Å². The Balaban J connectivity index is 0.679. The number of carbonyl (C=O) groups is 3. The lowest BCUT2D eigenvalue weighted by Crippen LogP contribution is -2.57. The van der Waals surface area contributed by atoms with Crippen molar-refractivity contribution in [3.8, 4) is 23.0 Å². The number of carbonyl (C=O) groups excluding carboxylic acids is 3. The van der Waals surface area contributed by atoms with Gasteiger partial charge in [0.2, 0.25) is 11.8 Å². The first-order valence-corrected chi connectivity index (χ1v) is 27.8. The van der Waals surface area contributed by atoms with E-state index in [4.69, 9.17) is 29.2 Å². The number of amides is 3. The van der Waals surface area contributed by atoms with Crippen LogP contribution in [-0.4, -0.2) is 150 Å². The average molecular weight is 1060 g/mol. The van der Waals surface area contributed by atoms with Crippen LogP contribution in [0.3, 0.4) is 0 Å². The predicted octanol–water partition coefficient (Wildman–Crippen LogP) is 7.64. The molecule has 5 aliphatic heterocycles. The predicted molar refractivity (Wildman–Crippen MR) is 288 cm³/mol. The summed E-state index contributed by atoms with van der Waals surface area (Å²) in [6, 6.07) is 12.1. The highest BCUT2D eigenvalue weighted by Gasteiger charge is 2.54. The fourth-order valence-electron chi connectivity index (χ4n) is 14.2. The van der Waals surface area contributed by atoms with Crippen LogP contribution in [0.5, 0.6) is 11.8 Å². The first kappa shape index (κ1) is 51.7. The number of likely N-dealkylation sites (tertiary alicyclic amines) is 1. The molecule has 0 radical (unpaired) electrons. The molecular formula is C59H71F2N9O7. The number of nitrogens with one attached hydrogen (secondary N) is 1. The number of rotatable bonds is 15. The van der Waals surface area contributed by atoms with Crippen LogP contribution in [0.2, 0.25) is 0 Å². The molecule has 2 saturated carbocycles. The number of methoxy groups -OCH3 is 1. The maximum Gasteiger partial charge on any atom is 0.319 e. The lowest BCUT2D eigenvalue weighted by atomic mass is 9.50. The van der Waals surface area contributed by atoms with Crippen molar-refractivity contribution >= 4 is 50.9 Å². The molecule has 18 heteroatoms. The van der Waals surface area contributed by atoms with Crippen molar-refractivity contribution in [3.63, 3.8) is 0 Å². The first-order valence-electron chi connectivity index (χ1n) is 27.8. The number of ether oxygens (including phenoxy) is 3. The number of piperazine rings is 1. The SMILES string of the molecule is CCc1c(F)ccc2cc(OCOC)cc(-c3ncc4c(N5CCC[C@@](C)(O)C5)nc(OCC5(CN6CCC7(CC6)CC(C)(CN6CCN(c8ccc9c(c8)CN([C@H]8CCC(=O)NC8=O)C9=O)CC6)C7)CC5)nc4c3F)c12. The number of aryl methyl sites for hydroxylation is 1. The minimum absolute atomic E-state index is 0.00975. The van der Waals surface area contributed by atoms with Gasteiger partial charge >= 0.3 is 6.01 Å². The van der Waals surface area contributed by atoms with Gasteiger partial charge in [-0.25, -0.2) is 8.78 Å². The molecule has 0 unspecified atom stereocenters. The third-order valence-corrected chi connectivity index (χ3v) is 18.1. The Morgan fingerprint density at radius 3 is 2.35 bits per heavy atom. The van der Waals surface area contributed by atoms with Crippen molar-refractivity contribution in [1.29, 1.82) is 0 Å². The lowest BCUT2D eigenvalue weighted by molar-refractivity contribution is -0.136. The number of pyridine rings is 1. The Morgan fingerprint density at radius 2 is 1.62 bits per heavy atom. The van der Waals surface area contributed by atoms with Crippen molar-refractivity contribution in [1.82, 2.24) is 35.0 Å². The third-order valence-electron chi connectivity index (χ3n) is 18.1. The number of piperidine rings is 3. The van der Waals surface area contributed by atoms with Gasteiger partial charge in [0.25, 0.3) is 5.91 Å². The molecule has 2 aliphatic carbocycles. The van der Waals surface area contributed by atoms with E-state index in [9.17, 15) is 19.5 Å². The highest BCUT2D eigenvalue weighted by molar-refractivity contribution is 6.06. The summed E-state index contributed by atoms with van der Waals surface area (Å²) in [5.41, 5.74) is 3.23. The van der Waals surface area contributed by atoms with Crippen LogP contribution in [0.4, 0.5) is 20.3 Å². The molecular weight excluding hydrogens is 985 g/mol. The van der Waals surface area contributed by atoms with Gasteiger partial charge in [-0.3, -0.25) is 29.6 Å². The fraction of sp³-hybridized carbons (Fsp3) is 0.559. The van der Waals surface area contributed by atoms with Crippen LogP contribution in [0, 0.1) is 27.9 Å². The number of aromatic nitrogens is 3. The van der Waals surface area contributed by atoms with Gasteiger partial charge in [-0.05, 0) is 153 Å². The standard InChI is InChI=1S/C59H71F2N9O7/c1-5-41-45(60)10-7-37-26-40(77-36-75-4)27-43(48(37)41)50-49(61)51-44(28-62-50)52(69-18-6-13-57(3,74)33-69)65-55(64-51)76-35-59(14-15-59)34-66-19-16-58(17-20-66)30-56(2,31-58)32-67-21-23-68(24-22-67)39-8-9-42-38(25-39)29-70(54(42)73)46-11-12-47(71)63-53(46)72/h7-10,25-28,46,74H,5-6,11-24,29-36H2,1-4H3,(H,63,71,72)/t46-,57+/m0/s1. The third kappa shape index (κ3) is 10.1. The van der Waals surface area contributed by atoms with Crippen LogP contribution in [0.25, 0.3) is 32.9 Å². The summed E-state index contributed by atoms with van der Waals surface area (Å²) >= 11 is 0. The number of imide groups is 1. The zero-order valence-electron chi connectivity index (χ0n) is 44.9. The first-order chi connectivity index (χ1) is 37.0. The lowest BCUT2D eigenvalue weighted by Gasteiger charge is -2.59. The number of nitrogens with zero attached hydrogens (tertiary/aromatic N) is 8. The van der Waals surface area contributed by atoms with E-state index in [0.29, 0.717) is 95.3 Å². The summed E-state index contributed by atoms with van der Waals surface area (Å²) < 4.78 is 50.4. The van der Waals surface area contributed by atoms with Gasteiger partial charge in [0.1, 0.15) is 34.6 Å². The molecule has 12 rings (SSSR count). The smallest absolute Gasteiger partial charge is 0.319 e. The number of hydrogen-bond acceptors (Lipinski definition) is 14. The number of hydrogen-bond donors (Lipinski definition) is 2. The molecule has 408 valence electrons. The van der Waals surface area contributed by atoms with Crippen molar-refractivity contribution in [2.24, 2.45) is 16.2 Å². The summed E-state index contributed by atoms with van der Waals surface area (Å²) in [6.45, 7) is 15.8. The quantitative estimate of drug-likeness (QED) is 0.0776. The maximum atomic E-state index is 17.5. The molecule has 2 aromatic heterocycles. The minimum Gasteiger partial charge on any atom is -0.468 e. The van der Waals surface area contributed by atoms with E-state index in [1.807, 2.05) is 30.9 Å². The fourth-order valence-corrected chi connectivity index (χ4v) is 14.2. The summed E-state index contributed by atoms with van der Waals surface area (Å²) in [5, 5.41) is 15.2. The number of fused-ring (bicyclic) bond motifs is 3. The van der Waals surface area contributed by atoms with Crippen LogP contribution in [0.15, 0.2) is 48.7 Å². The molecule has 7 heterocycles. The average Bonchev–Trinajstić information content (AvgIpc) is 4.21. The van der Waals surface area contributed by atoms with E-state index >= 15 is 8.78 Å². The Bertz CT molecular complexity index is 3140. The van der Waals surface area contributed by atoms with E-state index in [2.05, 4.69) is 33.0 Å². The maximum absolute atomic E-state index is 17.5. The molecule has 2 N–H and O–H groups in total. The number of benzene rings is 3. The highest BCUT2D eigenvalue weighted by atomic mass is 19.1. The van der Waals surface area contributed by atoms with Gasteiger partial charge in [0.05, 0.1) is 17.6 Å². The molecule has 0 bridgehead atoms. The van der Waals surface area contributed by atoms with E-state index in [1.165, 1.54) is 38.9 Å². The van der Waals surface area contributed by atoms with E-state index < -0.39 is 17.5 Å². The van der Waals surface area contributed by atoms with Crippen molar-refractivity contribution in [2.45, 2.75) is 110 Å². The summed E-state index contributed by atoms with van der Waals surface area (Å²) in [5.74, 6) is -0.979. The Kier molecular flexibility index (Phi) is 13.4. The van der Waals surface area contributed by atoms with Crippen molar-refractivity contribution in [3.05, 3.63) is 77.0 Å². The highest BCUT2D eigenvalue weighted by Crippen LogP contribution is 2.60. The molecule has 3 aromatic carbocycles. The Morgan fingerprint density at radius 1 is 0.844 bits per heavy atom. The summed E-state index contributed by atoms with van der Waals surface area (Å²) in [6.07, 6.45) is 10.8. The summed E-state index contributed by atoms with van der Waals surface area (Å²) in [4.78, 5) is 63.2. The molecule has 2 atom stereocenters. The Hall–Kier alpha value is -6.08. The number of anilines is 2. The second kappa shape index (κ2) is 20.0. The van der Waals surface area contributed by atoms with Crippen molar-refractivity contribution in [2.75, 3.05) is 95.8 Å². The Labute approximate surface area is 448 Å². The zero-order chi connectivity index (χ0) is 53.4. The number of aliphatic hydroxyl groups is 1. The normalized spacial score (nSPS) is 24.1. The van der Waals surface area contributed by atoms with Gasteiger partial charge in [0.15, 0.2) is 12.6 Å². The van der Waals surface area contributed by atoms with Crippen LogP contribution in [0.1, 0.15) is 106 Å². The molecule has 77 heavy (non-hydrogen) atoms. The summed E-state index contributed by atoms with van der Waals surface area (Å²) in [7, 11) is 1.52. The van der Waals surface area contributed by atoms with Crippen LogP contribution < -0.4 is 24.6 Å². The van der Waals surface area contributed by atoms with Crippen LogP contribution in [-0.2, 0) is 27.3 Å². The van der Waals surface area contributed by atoms with E-state index in [1.54, 1.807) is 29.3 Å². The molecule has 7 aliphatic rings. The second-order valence-electron chi connectivity index (χ2n) is 24.3. The minimum atomic E-state index is -0.963. The number of β-amino-alcohol motifs (C(OH)–C–C–N with tert-alkyl or cyclic N) is 1. The van der Waals surface area contributed by atoms with Gasteiger partial charge in [-0.1, -0.05) is 19.9 Å². The van der Waals surface area contributed by atoms with Gasteiger partial charge in [-0.15, -0.1) is 0 Å². The zero-order valence-corrected chi connectivity index (χ0v) is 44.9. The molecule has 4 saturated heterocycles. The molecule has 3 amide bonds.